The van der Waals surface area contributed by atoms with E-state index in [1.54, 1.807) is 11.3 Å². The fourth-order valence-corrected chi connectivity index (χ4v) is 5.01. The molecule has 2 aromatic carbocycles. The summed E-state index contributed by atoms with van der Waals surface area (Å²) in [5.74, 6) is -0.328. The summed E-state index contributed by atoms with van der Waals surface area (Å²) in [6, 6.07) is 17.9. The van der Waals surface area contributed by atoms with Gasteiger partial charge in [-0.3, -0.25) is 9.59 Å². The molecule has 7 heteroatoms. The Hall–Kier alpha value is -3.03. The van der Waals surface area contributed by atoms with Gasteiger partial charge in [-0.1, -0.05) is 42.5 Å². The highest BCUT2D eigenvalue weighted by atomic mass is 32.1. The van der Waals surface area contributed by atoms with Gasteiger partial charge in [0.05, 0.1) is 11.6 Å². The van der Waals surface area contributed by atoms with Gasteiger partial charge in [-0.2, -0.15) is 0 Å². The van der Waals surface area contributed by atoms with Gasteiger partial charge >= 0.3 is 0 Å². The summed E-state index contributed by atoms with van der Waals surface area (Å²) in [6.45, 7) is 4.21. The first-order valence-electron chi connectivity index (χ1n) is 11.3. The SMILES string of the molecule is Cc1sc(-c2ccccc2)nc1-c1ccc(NC(=O)C2CC(=O)N(CCCN(C)C)C2)cc1. The molecule has 1 saturated heterocycles. The normalized spacial score (nSPS) is 15.9. The number of amides is 2. The summed E-state index contributed by atoms with van der Waals surface area (Å²) in [5.41, 5.74) is 3.83. The fourth-order valence-electron chi connectivity index (χ4n) is 4.07. The van der Waals surface area contributed by atoms with Crippen molar-refractivity contribution < 1.29 is 9.59 Å². The Labute approximate surface area is 199 Å². The summed E-state index contributed by atoms with van der Waals surface area (Å²) in [5, 5.41) is 3.98. The molecule has 3 aromatic rings. The standard InChI is InChI=1S/C26H30N4O2S/c1-18-24(28-26(33-18)20-8-5-4-6-9-20)19-10-12-22(13-11-19)27-25(32)21-16-23(31)30(17-21)15-7-14-29(2)3/h4-6,8-13,21H,7,14-17H2,1-3H3,(H,27,32). The zero-order chi connectivity index (χ0) is 23.4. The number of benzene rings is 2. The van der Waals surface area contributed by atoms with Crippen LogP contribution in [0.3, 0.4) is 0 Å². The van der Waals surface area contributed by atoms with E-state index in [0.717, 1.165) is 45.4 Å². The molecule has 172 valence electrons. The van der Waals surface area contributed by atoms with E-state index in [2.05, 4.69) is 29.3 Å². The van der Waals surface area contributed by atoms with Gasteiger partial charge in [0.1, 0.15) is 5.01 Å². The number of carbonyl (C=O) groups is 2. The molecule has 1 aliphatic rings. The number of thiazole rings is 1. The summed E-state index contributed by atoms with van der Waals surface area (Å²) in [7, 11) is 4.04. The Kier molecular flexibility index (Phi) is 7.20. The molecule has 1 fully saturated rings. The molecule has 0 saturated carbocycles. The second-order valence-electron chi connectivity index (χ2n) is 8.75. The van der Waals surface area contributed by atoms with Crippen LogP contribution in [0.1, 0.15) is 17.7 Å². The molecule has 2 heterocycles. The summed E-state index contributed by atoms with van der Waals surface area (Å²) in [6.07, 6.45) is 1.20. The molecule has 6 nitrogen and oxygen atoms in total. The highest BCUT2D eigenvalue weighted by molar-refractivity contribution is 7.15. The summed E-state index contributed by atoms with van der Waals surface area (Å²) < 4.78 is 0. The third-order valence-corrected chi connectivity index (χ3v) is 6.88. The number of hydrogen-bond acceptors (Lipinski definition) is 5. The van der Waals surface area contributed by atoms with Crippen molar-refractivity contribution in [3.63, 3.8) is 0 Å². The van der Waals surface area contributed by atoms with Crippen LogP contribution in [0.25, 0.3) is 21.8 Å². The van der Waals surface area contributed by atoms with Gasteiger partial charge in [0.25, 0.3) is 0 Å². The molecule has 1 aliphatic heterocycles. The molecule has 0 radical (unpaired) electrons. The lowest BCUT2D eigenvalue weighted by atomic mass is 10.1. The maximum atomic E-state index is 12.7. The van der Waals surface area contributed by atoms with Crippen LogP contribution in [0.2, 0.25) is 0 Å². The number of rotatable bonds is 8. The van der Waals surface area contributed by atoms with Gasteiger partial charge in [0.2, 0.25) is 11.8 Å². The van der Waals surface area contributed by atoms with Crippen LogP contribution in [0.5, 0.6) is 0 Å². The molecule has 0 bridgehead atoms. The van der Waals surface area contributed by atoms with E-state index in [9.17, 15) is 9.59 Å². The van der Waals surface area contributed by atoms with Crippen LogP contribution in [0.4, 0.5) is 5.69 Å². The molecular weight excluding hydrogens is 432 g/mol. The number of anilines is 1. The predicted molar refractivity (Wildman–Crippen MR) is 134 cm³/mol. The van der Waals surface area contributed by atoms with Gasteiger partial charge in [-0.25, -0.2) is 4.98 Å². The smallest absolute Gasteiger partial charge is 0.229 e. The number of aromatic nitrogens is 1. The molecule has 1 atom stereocenters. The van der Waals surface area contributed by atoms with E-state index in [-0.39, 0.29) is 24.2 Å². The Balaban J connectivity index is 1.37. The molecular formula is C26H30N4O2S. The maximum absolute atomic E-state index is 12.7. The van der Waals surface area contributed by atoms with Crippen LogP contribution in [-0.4, -0.2) is 60.3 Å². The lowest BCUT2D eigenvalue weighted by Gasteiger charge is -2.18. The first-order valence-corrected chi connectivity index (χ1v) is 12.1. The van der Waals surface area contributed by atoms with Crippen molar-refractivity contribution in [3.05, 3.63) is 59.5 Å². The Morgan fingerprint density at radius 3 is 2.55 bits per heavy atom. The second-order valence-corrected chi connectivity index (χ2v) is 9.96. The van der Waals surface area contributed by atoms with Crippen LogP contribution in [-0.2, 0) is 9.59 Å². The zero-order valence-electron chi connectivity index (χ0n) is 19.4. The third kappa shape index (κ3) is 5.67. The largest absolute Gasteiger partial charge is 0.342 e. The average Bonchev–Trinajstić information content (AvgIpc) is 3.37. The van der Waals surface area contributed by atoms with Gasteiger partial charge < -0.3 is 15.1 Å². The zero-order valence-corrected chi connectivity index (χ0v) is 20.2. The minimum absolute atomic E-state index is 0.0671. The topological polar surface area (TPSA) is 65.5 Å². The number of likely N-dealkylation sites (tertiary alicyclic amines) is 1. The van der Waals surface area contributed by atoms with Crippen molar-refractivity contribution in [2.24, 2.45) is 5.92 Å². The first kappa shape index (κ1) is 23.1. The highest BCUT2D eigenvalue weighted by Crippen LogP contribution is 2.33. The Morgan fingerprint density at radius 2 is 1.85 bits per heavy atom. The average molecular weight is 463 g/mol. The molecule has 33 heavy (non-hydrogen) atoms. The van der Waals surface area contributed by atoms with E-state index < -0.39 is 0 Å². The minimum atomic E-state index is -0.300. The number of aryl methyl sites for hydroxylation is 1. The fraction of sp³-hybridized carbons (Fsp3) is 0.346. The van der Waals surface area contributed by atoms with E-state index in [4.69, 9.17) is 4.98 Å². The molecule has 2 amide bonds. The predicted octanol–water partition coefficient (Wildman–Crippen LogP) is 4.52. The minimum Gasteiger partial charge on any atom is -0.342 e. The van der Waals surface area contributed by atoms with Crippen LogP contribution < -0.4 is 5.32 Å². The van der Waals surface area contributed by atoms with Crippen LogP contribution in [0, 0.1) is 12.8 Å². The summed E-state index contributed by atoms with van der Waals surface area (Å²) >= 11 is 1.68. The van der Waals surface area contributed by atoms with E-state index in [1.165, 1.54) is 0 Å². The van der Waals surface area contributed by atoms with Crippen LogP contribution >= 0.6 is 11.3 Å². The Bertz CT molecular complexity index is 1110. The van der Waals surface area contributed by atoms with Crippen LogP contribution in [0.15, 0.2) is 54.6 Å². The molecule has 0 spiro atoms. The van der Waals surface area contributed by atoms with E-state index in [1.807, 2.05) is 61.5 Å². The molecule has 1 aromatic heterocycles. The third-order valence-electron chi connectivity index (χ3n) is 5.86. The van der Waals surface area contributed by atoms with Crippen molar-refractivity contribution in [1.82, 2.24) is 14.8 Å². The van der Waals surface area contributed by atoms with E-state index in [0.29, 0.717) is 13.1 Å². The van der Waals surface area contributed by atoms with Crippen molar-refractivity contribution in [2.45, 2.75) is 19.8 Å². The number of hydrogen-bond donors (Lipinski definition) is 1. The van der Waals surface area contributed by atoms with Crippen molar-refractivity contribution in [3.8, 4) is 21.8 Å². The van der Waals surface area contributed by atoms with Gasteiger partial charge in [0.15, 0.2) is 0 Å². The number of nitrogens with zero attached hydrogens (tertiary/aromatic N) is 3. The lowest BCUT2D eigenvalue weighted by molar-refractivity contribution is -0.128. The monoisotopic (exact) mass is 462 g/mol. The second kappa shape index (κ2) is 10.3. The highest BCUT2D eigenvalue weighted by Gasteiger charge is 2.33. The molecule has 1 N–H and O–H groups in total. The van der Waals surface area contributed by atoms with Gasteiger partial charge in [-0.05, 0) is 46.1 Å². The van der Waals surface area contributed by atoms with Crippen molar-refractivity contribution >= 4 is 28.8 Å². The number of nitrogens with one attached hydrogen (secondary N) is 1. The summed E-state index contributed by atoms with van der Waals surface area (Å²) in [4.78, 5) is 34.9. The molecule has 0 aliphatic carbocycles. The quantitative estimate of drug-likeness (QED) is 0.534. The Morgan fingerprint density at radius 1 is 1.12 bits per heavy atom. The van der Waals surface area contributed by atoms with Crippen molar-refractivity contribution in [2.75, 3.05) is 39.0 Å². The van der Waals surface area contributed by atoms with Crippen molar-refractivity contribution in [1.29, 1.82) is 0 Å². The molecule has 1 unspecified atom stereocenters. The van der Waals surface area contributed by atoms with E-state index >= 15 is 0 Å². The van der Waals surface area contributed by atoms with Gasteiger partial charge in [0, 0.05) is 41.2 Å². The lowest BCUT2D eigenvalue weighted by Crippen LogP contribution is -2.30. The number of carbonyl (C=O) groups excluding carboxylic acids is 2. The van der Waals surface area contributed by atoms with Gasteiger partial charge in [-0.15, -0.1) is 11.3 Å². The maximum Gasteiger partial charge on any atom is 0.229 e. The molecule has 4 rings (SSSR count). The first-order chi connectivity index (χ1) is 15.9.